The lowest BCUT2D eigenvalue weighted by atomic mass is 10.2. The molecule has 5 heteroatoms. The summed E-state index contributed by atoms with van der Waals surface area (Å²) in [4.78, 5) is 4.14. The van der Waals surface area contributed by atoms with Crippen molar-refractivity contribution in [3.63, 3.8) is 0 Å². The van der Waals surface area contributed by atoms with Crippen molar-refractivity contribution in [3.05, 3.63) is 48.2 Å². The third-order valence-electron chi connectivity index (χ3n) is 2.52. The topological polar surface area (TPSA) is 37.0 Å². The first-order chi connectivity index (χ1) is 9.19. The third kappa shape index (κ3) is 3.64. The molecule has 2 rings (SSSR count). The summed E-state index contributed by atoms with van der Waals surface area (Å²) in [7, 11) is 0. The lowest BCUT2D eigenvalue weighted by Crippen LogP contribution is -2.02. The van der Waals surface area contributed by atoms with Crippen LogP contribution in [0.4, 0.5) is 26.0 Å². The Kier molecular flexibility index (Phi) is 4.28. The molecule has 0 fully saturated rings. The molecule has 0 saturated carbocycles. The second-order valence-corrected chi connectivity index (χ2v) is 4.11. The Morgan fingerprint density at radius 3 is 2.79 bits per heavy atom. The zero-order valence-electron chi connectivity index (χ0n) is 10.6. The van der Waals surface area contributed by atoms with Crippen LogP contribution < -0.4 is 10.6 Å². The number of hydrogen-bond acceptors (Lipinski definition) is 3. The Hall–Kier alpha value is -2.17. The molecule has 0 aliphatic heterocycles. The van der Waals surface area contributed by atoms with Gasteiger partial charge in [0.2, 0.25) is 0 Å². The number of aromatic nitrogens is 1. The Bertz CT molecular complexity index is 558. The summed E-state index contributed by atoms with van der Waals surface area (Å²) in [5.74, 6) is -0.285. The first-order valence-electron chi connectivity index (χ1n) is 6.11. The van der Waals surface area contributed by atoms with Crippen molar-refractivity contribution >= 4 is 17.2 Å². The van der Waals surface area contributed by atoms with Gasteiger partial charge in [0.25, 0.3) is 0 Å². The molecular weight excluding hydrogens is 248 g/mol. The predicted octanol–water partition coefficient (Wildman–Crippen LogP) is 3.93. The number of anilines is 3. The number of nitrogens with one attached hydrogen (secondary N) is 2. The van der Waals surface area contributed by atoms with E-state index in [0.29, 0.717) is 11.5 Å². The molecule has 0 bridgehead atoms. The fourth-order valence-electron chi connectivity index (χ4n) is 1.61. The third-order valence-corrected chi connectivity index (χ3v) is 2.52. The van der Waals surface area contributed by atoms with E-state index >= 15 is 0 Å². The van der Waals surface area contributed by atoms with Crippen LogP contribution in [0.1, 0.15) is 13.3 Å². The Morgan fingerprint density at radius 2 is 2.00 bits per heavy atom. The Labute approximate surface area is 110 Å². The zero-order valence-corrected chi connectivity index (χ0v) is 10.6. The van der Waals surface area contributed by atoms with Crippen LogP contribution in [0.25, 0.3) is 0 Å². The highest BCUT2D eigenvalue weighted by atomic mass is 19.1. The van der Waals surface area contributed by atoms with Gasteiger partial charge in [-0.1, -0.05) is 6.92 Å². The van der Waals surface area contributed by atoms with Crippen LogP contribution in [0.15, 0.2) is 36.5 Å². The zero-order chi connectivity index (χ0) is 13.7. The minimum Gasteiger partial charge on any atom is -0.370 e. The van der Waals surface area contributed by atoms with Gasteiger partial charge in [0.1, 0.15) is 17.5 Å². The number of hydrogen-bond donors (Lipinski definition) is 2. The van der Waals surface area contributed by atoms with E-state index in [9.17, 15) is 8.78 Å². The molecule has 0 saturated heterocycles. The number of nitrogens with zero attached hydrogens (tertiary/aromatic N) is 1. The SMILES string of the molecule is CCCNc1cc(Nc2cc(F)ccc2F)ccn1. The Morgan fingerprint density at radius 1 is 1.16 bits per heavy atom. The van der Waals surface area contributed by atoms with Crippen molar-refractivity contribution in [2.45, 2.75) is 13.3 Å². The monoisotopic (exact) mass is 263 g/mol. The molecule has 3 nitrogen and oxygen atoms in total. The van der Waals surface area contributed by atoms with E-state index in [2.05, 4.69) is 22.5 Å². The van der Waals surface area contributed by atoms with Gasteiger partial charge in [-0.3, -0.25) is 0 Å². The van der Waals surface area contributed by atoms with Gasteiger partial charge in [-0.25, -0.2) is 13.8 Å². The lowest BCUT2D eigenvalue weighted by Gasteiger charge is -2.09. The molecule has 2 aromatic rings. The van der Waals surface area contributed by atoms with Crippen LogP contribution in [0, 0.1) is 11.6 Å². The van der Waals surface area contributed by atoms with Gasteiger partial charge in [-0.2, -0.15) is 0 Å². The summed E-state index contributed by atoms with van der Waals surface area (Å²) < 4.78 is 26.6. The highest BCUT2D eigenvalue weighted by Gasteiger charge is 2.04. The van der Waals surface area contributed by atoms with Crippen LogP contribution in [0.3, 0.4) is 0 Å². The molecule has 2 N–H and O–H groups in total. The van der Waals surface area contributed by atoms with E-state index in [-0.39, 0.29) is 5.69 Å². The molecule has 0 atom stereocenters. The summed E-state index contributed by atoms with van der Waals surface area (Å²) in [6, 6.07) is 6.74. The summed E-state index contributed by atoms with van der Waals surface area (Å²) >= 11 is 0. The summed E-state index contributed by atoms with van der Waals surface area (Å²) in [5.41, 5.74) is 0.755. The molecule has 1 aromatic carbocycles. The van der Waals surface area contributed by atoms with Gasteiger partial charge in [-0.05, 0) is 24.6 Å². The summed E-state index contributed by atoms with van der Waals surface area (Å²) in [6.07, 6.45) is 2.59. The molecule has 1 aromatic heterocycles. The number of rotatable bonds is 5. The van der Waals surface area contributed by atoms with Crippen molar-refractivity contribution in [1.29, 1.82) is 0 Å². The van der Waals surface area contributed by atoms with Crippen LogP contribution >= 0.6 is 0 Å². The largest absolute Gasteiger partial charge is 0.370 e. The van der Waals surface area contributed by atoms with Gasteiger partial charge in [0.15, 0.2) is 0 Å². The quantitative estimate of drug-likeness (QED) is 0.858. The van der Waals surface area contributed by atoms with Crippen LogP contribution in [-0.4, -0.2) is 11.5 Å². The molecule has 0 spiro atoms. The summed E-state index contributed by atoms with van der Waals surface area (Å²) in [5, 5.41) is 5.96. The molecule has 0 aliphatic rings. The first-order valence-corrected chi connectivity index (χ1v) is 6.11. The van der Waals surface area contributed by atoms with E-state index in [1.165, 1.54) is 0 Å². The molecule has 0 aliphatic carbocycles. The van der Waals surface area contributed by atoms with Crippen molar-refractivity contribution in [2.24, 2.45) is 0 Å². The Balaban J connectivity index is 2.16. The highest BCUT2D eigenvalue weighted by molar-refractivity contribution is 5.62. The molecule has 19 heavy (non-hydrogen) atoms. The minimum absolute atomic E-state index is 0.104. The minimum atomic E-state index is -0.499. The molecule has 0 unspecified atom stereocenters. The maximum atomic E-state index is 13.5. The number of halogens is 2. The average Bonchev–Trinajstić information content (AvgIpc) is 2.41. The van der Waals surface area contributed by atoms with Crippen molar-refractivity contribution < 1.29 is 8.78 Å². The van der Waals surface area contributed by atoms with Crippen LogP contribution in [0.2, 0.25) is 0 Å². The van der Waals surface area contributed by atoms with Crippen molar-refractivity contribution in [1.82, 2.24) is 4.98 Å². The van der Waals surface area contributed by atoms with E-state index in [1.807, 2.05) is 0 Å². The smallest absolute Gasteiger partial charge is 0.146 e. The maximum Gasteiger partial charge on any atom is 0.146 e. The lowest BCUT2D eigenvalue weighted by molar-refractivity contribution is 0.603. The second kappa shape index (κ2) is 6.13. The number of benzene rings is 1. The van der Waals surface area contributed by atoms with Gasteiger partial charge < -0.3 is 10.6 Å². The van der Waals surface area contributed by atoms with Crippen LogP contribution in [0.5, 0.6) is 0 Å². The highest BCUT2D eigenvalue weighted by Crippen LogP contribution is 2.22. The molecule has 0 amide bonds. The fourth-order valence-corrected chi connectivity index (χ4v) is 1.61. The average molecular weight is 263 g/mol. The van der Waals surface area contributed by atoms with E-state index in [4.69, 9.17) is 0 Å². The molecular formula is C14H15F2N3. The normalized spacial score (nSPS) is 10.3. The van der Waals surface area contributed by atoms with Gasteiger partial charge in [-0.15, -0.1) is 0 Å². The van der Waals surface area contributed by atoms with E-state index in [0.717, 1.165) is 31.2 Å². The predicted molar refractivity (Wildman–Crippen MR) is 72.7 cm³/mol. The molecule has 100 valence electrons. The molecule has 1 heterocycles. The van der Waals surface area contributed by atoms with Gasteiger partial charge in [0, 0.05) is 30.6 Å². The van der Waals surface area contributed by atoms with Crippen molar-refractivity contribution in [3.8, 4) is 0 Å². The van der Waals surface area contributed by atoms with E-state index < -0.39 is 11.6 Å². The van der Waals surface area contributed by atoms with Crippen LogP contribution in [-0.2, 0) is 0 Å². The second-order valence-electron chi connectivity index (χ2n) is 4.11. The fraction of sp³-hybridized carbons (Fsp3) is 0.214. The molecule has 0 radical (unpaired) electrons. The van der Waals surface area contributed by atoms with Crippen molar-refractivity contribution in [2.75, 3.05) is 17.2 Å². The van der Waals surface area contributed by atoms with E-state index in [1.54, 1.807) is 18.3 Å². The number of pyridine rings is 1. The maximum absolute atomic E-state index is 13.5. The van der Waals surface area contributed by atoms with Gasteiger partial charge >= 0.3 is 0 Å². The summed E-state index contributed by atoms with van der Waals surface area (Å²) in [6.45, 7) is 2.86. The first kappa shape index (κ1) is 13.3. The standard InChI is InChI=1S/C14H15F2N3/c1-2-6-17-14-9-11(5-7-18-14)19-13-8-10(15)3-4-12(13)16/h3-5,7-9H,2,6H2,1H3,(H2,17,18,19). The van der Waals surface area contributed by atoms with Gasteiger partial charge in [0.05, 0.1) is 5.69 Å².